The molecule has 0 radical (unpaired) electrons. The molecule has 148 valence electrons. The third-order valence-corrected chi connectivity index (χ3v) is 4.87. The zero-order valence-electron chi connectivity index (χ0n) is 15.8. The Labute approximate surface area is 181 Å². The number of carbonyl (C=O) groups is 3. The molecule has 1 N–H and O–H groups in total. The number of nitrogens with one attached hydrogen (secondary N) is 1. The lowest BCUT2D eigenvalue weighted by molar-refractivity contribution is -0.119. The number of anilines is 1. The summed E-state index contributed by atoms with van der Waals surface area (Å²) in [5.74, 6) is -0.252. The van der Waals surface area contributed by atoms with Gasteiger partial charge in [0.05, 0.1) is 5.56 Å². The van der Waals surface area contributed by atoms with Gasteiger partial charge in [-0.15, -0.1) is 0 Å². The van der Waals surface area contributed by atoms with Gasteiger partial charge < -0.3 is 14.5 Å². The van der Waals surface area contributed by atoms with Crippen molar-refractivity contribution in [3.63, 3.8) is 0 Å². The van der Waals surface area contributed by atoms with Gasteiger partial charge >= 0.3 is 5.97 Å². The SMILES string of the molecule is Cc1cc(I)cc(C)c1NC(=O)COC(=O)c1ccc(-c2ccc(C=O)o2)cc1. The molecule has 1 aromatic heterocycles. The van der Waals surface area contributed by atoms with Crippen molar-refractivity contribution in [3.05, 3.63) is 74.6 Å². The molecule has 6 nitrogen and oxygen atoms in total. The van der Waals surface area contributed by atoms with E-state index in [9.17, 15) is 14.4 Å². The predicted molar refractivity (Wildman–Crippen MR) is 117 cm³/mol. The van der Waals surface area contributed by atoms with Crippen molar-refractivity contribution in [1.82, 2.24) is 0 Å². The first-order valence-electron chi connectivity index (χ1n) is 8.76. The van der Waals surface area contributed by atoms with Crippen LogP contribution in [0.1, 0.15) is 32.0 Å². The van der Waals surface area contributed by atoms with Crippen LogP contribution in [0.4, 0.5) is 5.69 Å². The fraction of sp³-hybridized carbons (Fsp3) is 0.136. The summed E-state index contributed by atoms with van der Waals surface area (Å²) in [5, 5.41) is 2.79. The topological polar surface area (TPSA) is 85.6 Å². The average Bonchev–Trinajstić information content (AvgIpc) is 3.18. The van der Waals surface area contributed by atoms with Crippen molar-refractivity contribution >= 4 is 46.4 Å². The molecule has 0 unspecified atom stereocenters. The molecular weight excluding hydrogens is 485 g/mol. The van der Waals surface area contributed by atoms with Crippen LogP contribution in [0.15, 0.2) is 52.9 Å². The third-order valence-electron chi connectivity index (χ3n) is 4.24. The number of amides is 1. The van der Waals surface area contributed by atoms with Crippen LogP contribution in [0, 0.1) is 17.4 Å². The van der Waals surface area contributed by atoms with E-state index in [0.29, 0.717) is 17.6 Å². The highest BCUT2D eigenvalue weighted by Gasteiger charge is 2.13. The first-order valence-corrected chi connectivity index (χ1v) is 9.84. The van der Waals surface area contributed by atoms with E-state index in [1.54, 1.807) is 36.4 Å². The first kappa shape index (κ1) is 20.8. The maximum absolute atomic E-state index is 12.2. The van der Waals surface area contributed by atoms with Crippen LogP contribution in [-0.4, -0.2) is 24.8 Å². The molecule has 2 aromatic carbocycles. The van der Waals surface area contributed by atoms with Crippen LogP contribution >= 0.6 is 22.6 Å². The zero-order valence-corrected chi connectivity index (χ0v) is 18.0. The zero-order chi connectivity index (χ0) is 21.0. The largest absolute Gasteiger partial charge is 0.453 e. The van der Waals surface area contributed by atoms with Gasteiger partial charge in [0.1, 0.15) is 5.76 Å². The average molecular weight is 503 g/mol. The van der Waals surface area contributed by atoms with Gasteiger partial charge in [0, 0.05) is 14.8 Å². The van der Waals surface area contributed by atoms with Crippen LogP contribution in [0.25, 0.3) is 11.3 Å². The van der Waals surface area contributed by atoms with Gasteiger partial charge in [-0.1, -0.05) is 12.1 Å². The number of ether oxygens (including phenoxy) is 1. The minimum atomic E-state index is -0.601. The highest BCUT2D eigenvalue weighted by atomic mass is 127. The van der Waals surface area contributed by atoms with E-state index >= 15 is 0 Å². The van der Waals surface area contributed by atoms with E-state index in [1.165, 1.54) is 0 Å². The fourth-order valence-electron chi connectivity index (χ4n) is 2.84. The first-order chi connectivity index (χ1) is 13.9. The standard InChI is InChI=1S/C22H18INO5/c1-13-9-17(23)10-14(2)21(13)24-20(26)12-28-22(27)16-5-3-15(4-6-16)19-8-7-18(11-25)29-19/h3-11H,12H2,1-2H3,(H,24,26). The monoisotopic (exact) mass is 503 g/mol. The fourth-order valence-corrected chi connectivity index (χ4v) is 3.77. The molecular formula is C22H18INO5. The van der Waals surface area contributed by atoms with Gasteiger partial charge in [-0.2, -0.15) is 0 Å². The quantitative estimate of drug-likeness (QED) is 0.298. The van der Waals surface area contributed by atoms with Gasteiger partial charge in [0.25, 0.3) is 5.91 Å². The Morgan fingerprint density at radius 1 is 1.07 bits per heavy atom. The number of benzene rings is 2. The smallest absolute Gasteiger partial charge is 0.338 e. The van der Waals surface area contributed by atoms with E-state index in [4.69, 9.17) is 9.15 Å². The van der Waals surface area contributed by atoms with Gasteiger partial charge in [0.2, 0.25) is 0 Å². The van der Waals surface area contributed by atoms with Gasteiger partial charge in [-0.25, -0.2) is 4.79 Å². The number of esters is 1. The number of carbonyl (C=O) groups excluding carboxylic acids is 3. The Morgan fingerprint density at radius 2 is 1.72 bits per heavy atom. The summed E-state index contributed by atoms with van der Waals surface area (Å²) in [7, 11) is 0. The minimum absolute atomic E-state index is 0.230. The van der Waals surface area contributed by atoms with Crippen molar-refractivity contribution in [3.8, 4) is 11.3 Å². The minimum Gasteiger partial charge on any atom is -0.453 e. The molecule has 3 rings (SSSR count). The van der Waals surface area contributed by atoms with E-state index in [1.807, 2.05) is 26.0 Å². The molecule has 0 aliphatic rings. The Morgan fingerprint density at radius 3 is 2.31 bits per heavy atom. The number of furan rings is 1. The second-order valence-electron chi connectivity index (χ2n) is 6.44. The third kappa shape index (κ3) is 5.11. The molecule has 0 spiro atoms. The molecule has 0 aliphatic heterocycles. The van der Waals surface area contributed by atoms with Crippen LogP contribution in [0.3, 0.4) is 0 Å². The molecule has 0 atom stereocenters. The molecule has 29 heavy (non-hydrogen) atoms. The van der Waals surface area contributed by atoms with E-state index in [-0.39, 0.29) is 12.4 Å². The van der Waals surface area contributed by atoms with Crippen LogP contribution in [-0.2, 0) is 9.53 Å². The second kappa shape index (κ2) is 9.04. The number of hydrogen-bond donors (Lipinski definition) is 1. The molecule has 0 aliphatic carbocycles. The highest BCUT2D eigenvalue weighted by Crippen LogP contribution is 2.24. The highest BCUT2D eigenvalue weighted by molar-refractivity contribution is 14.1. The summed E-state index contributed by atoms with van der Waals surface area (Å²) in [5.41, 5.74) is 3.65. The molecule has 3 aromatic rings. The van der Waals surface area contributed by atoms with Gasteiger partial charge in [0.15, 0.2) is 18.7 Å². The summed E-state index contributed by atoms with van der Waals surface area (Å²) in [6.45, 7) is 3.44. The van der Waals surface area contributed by atoms with Crippen LogP contribution < -0.4 is 5.32 Å². The van der Waals surface area contributed by atoms with Crippen molar-refractivity contribution in [1.29, 1.82) is 0 Å². The Balaban J connectivity index is 1.59. The summed E-state index contributed by atoms with van der Waals surface area (Å²) in [6, 6.07) is 13.7. The van der Waals surface area contributed by atoms with Gasteiger partial charge in [-0.05, 0) is 84.0 Å². The lowest BCUT2D eigenvalue weighted by Gasteiger charge is -2.12. The van der Waals surface area contributed by atoms with E-state index in [0.717, 1.165) is 25.9 Å². The van der Waals surface area contributed by atoms with Crippen molar-refractivity contribution in [2.75, 3.05) is 11.9 Å². The Hall–Kier alpha value is -2.94. The Kier molecular flexibility index (Phi) is 6.48. The van der Waals surface area contributed by atoms with Crippen molar-refractivity contribution in [2.24, 2.45) is 0 Å². The second-order valence-corrected chi connectivity index (χ2v) is 7.68. The molecule has 0 saturated carbocycles. The number of halogens is 1. The number of aldehydes is 1. The Bertz CT molecular complexity index is 1050. The lowest BCUT2D eigenvalue weighted by atomic mass is 10.1. The number of hydrogen-bond acceptors (Lipinski definition) is 5. The summed E-state index contributed by atoms with van der Waals surface area (Å²) < 4.78 is 11.5. The molecule has 0 bridgehead atoms. The molecule has 0 saturated heterocycles. The maximum atomic E-state index is 12.2. The summed E-state index contributed by atoms with van der Waals surface area (Å²) >= 11 is 2.22. The van der Waals surface area contributed by atoms with E-state index in [2.05, 4.69) is 27.9 Å². The number of aryl methyl sites for hydroxylation is 2. The van der Waals surface area contributed by atoms with Crippen molar-refractivity contribution in [2.45, 2.75) is 13.8 Å². The summed E-state index contributed by atoms with van der Waals surface area (Å²) in [6.07, 6.45) is 0.625. The predicted octanol–water partition coefficient (Wildman–Crippen LogP) is 4.78. The normalized spacial score (nSPS) is 10.4. The number of rotatable bonds is 6. The molecule has 1 amide bonds. The molecule has 0 fully saturated rings. The lowest BCUT2D eigenvalue weighted by Crippen LogP contribution is -2.22. The van der Waals surface area contributed by atoms with Crippen LogP contribution in [0.2, 0.25) is 0 Å². The van der Waals surface area contributed by atoms with E-state index < -0.39 is 11.9 Å². The maximum Gasteiger partial charge on any atom is 0.338 e. The van der Waals surface area contributed by atoms with Gasteiger partial charge in [-0.3, -0.25) is 9.59 Å². The molecule has 1 heterocycles. The van der Waals surface area contributed by atoms with Crippen molar-refractivity contribution < 1.29 is 23.5 Å². The summed E-state index contributed by atoms with van der Waals surface area (Å²) in [4.78, 5) is 35.1. The molecule has 7 heteroatoms. The van der Waals surface area contributed by atoms with Crippen LogP contribution in [0.5, 0.6) is 0 Å².